The Bertz CT molecular complexity index is 1060. The van der Waals surface area contributed by atoms with Gasteiger partial charge >= 0.3 is 0 Å². The first-order chi connectivity index (χ1) is 15.4. The Hall–Kier alpha value is -2.40. The number of anilines is 1. The quantitative estimate of drug-likeness (QED) is 0.480. The van der Waals surface area contributed by atoms with Crippen molar-refractivity contribution in [2.45, 2.75) is 50.7 Å². The molecule has 4 rings (SSSR count). The Morgan fingerprint density at radius 3 is 3.00 bits per heavy atom. The number of aliphatic hydroxyl groups is 1. The summed E-state index contributed by atoms with van der Waals surface area (Å²) < 4.78 is 35.7. The summed E-state index contributed by atoms with van der Waals surface area (Å²) in [6.07, 6.45) is 0.642. The second kappa shape index (κ2) is 9.62. The standard InChI is InChI=1S/C22H27F2N5O2S/c1-3-12-4-5-14(23)13(8-12)22-28-18(11-32-22)21(30)27-17-9-26-29(2)20(17)19-7-6-16(25)15(24)10-31-19/h4-5,8-9,11,15-16,19,21,27,30H,3,6-7,10,25H2,1-2H3/t15-,16-,19+,21?/m1/s1. The average molecular weight is 464 g/mol. The number of aliphatic hydroxyl groups excluding tert-OH is 1. The zero-order valence-corrected chi connectivity index (χ0v) is 18.8. The van der Waals surface area contributed by atoms with Crippen molar-refractivity contribution in [3.63, 3.8) is 0 Å². The predicted octanol–water partition coefficient (Wildman–Crippen LogP) is 3.87. The molecule has 0 radical (unpaired) electrons. The highest BCUT2D eigenvalue weighted by atomic mass is 32.1. The van der Waals surface area contributed by atoms with Crippen molar-refractivity contribution in [2.75, 3.05) is 11.9 Å². The molecule has 1 aliphatic rings. The first-order valence-corrected chi connectivity index (χ1v) is 11.5. The topological polar surface area (TPSA) is 98.2 Å². The SMILES string of the molecule is CCc1ccc(F)c(-c2nc(C(O)Nc3cnn(C)c3[C@@H]3CC[C@@H](N)[C@H](F)CO3)cs2)c1. The molecule has 7 nitrogen and oxygen atoms in total. The van der Waals surface area contributed by atoms with E-state index < -0.39 is 24.5 Å². The zero-order chi connectivity index (χ0) is 22.8. The van der Waals surface area contributed by atoms with Crippen LogP contribution in [0.2, 0.25) is 0 Å². The number of nitrogens with two attached hydrogens (primary N) is 1. The normalized spacial score (nSPS) is 22.5. The van der Waals surface area contributed by atoms with Crippen LogP contribution in [-0.4, -0.2) is 38.7 Å². The molecular weight excluding hydrogens is 436 g/mol. The first-order valence-electron chi connectivity index (χ1n) is 10.6. The number of rotatable bonds is 6. The maximum absolute atomic E-state index is 14.3. The van der Waals surface area contributed by atoms with E-state index in [1.165, 1.54) is 17.4 Å². The van der Waals surface area contributed by atoms with E-state index in [1.54, 1.807) is 35.4 Å². The summed E-state index contributed by atoms with van der Waals surface area (Å²) in [4.78, 5) is 4.44. The number of aromatic nitrogens is 3. The van der Waals surface area contributed by atoms with Crippen LogP contribution in [0.1, 0.15) is 49.0 Å². The molecule has 1 saturated heterocycles. The van der Waals surface area contributed by atoms with Crippen molar-refractivity contribution < 1.29 is 18.6 Å². The lowest BCUT2D eigenvalue weighted by Crippen LogP contribution is -2.32. The number of halogens is 2. The fraction of sp³-hybridized carbons (Fsp3) is 0.455. The van der Waals surface area contributed by atoms with Crippen molar-refractivity contribution >= 4 is 17.0 Å². The molecule has 1 aliphatic heterocycles. The number of hydrogen-bond acceptors (Lipinski definition) is 7. The number of thiazole rings is 1. The van der Waals surface area contributed by atoms with Crippen LogP contribution in [0, 0.1) is 5.82 Å². The van der Waals surface area contributed by atoms with Crippen LogP contribution < -0.4 is 11.1 Å². The van der Waals surface area contributed by atoms with Crippen molar-refractivity contribution in [3.05, 3.63) is 52.5 Å². The van der Waals surface area contributed by atoms with Gasteiger partial charge in [0.25, 0.3) is 0 Å². The van der Waals surface area contributed by atoms with Crippen molar-refractivity contribution in [1.29, 1.82) is 0 Å². The van der Waals surface area contributed by atoms with Gasteiger partial charge in [-0.05, 0) is 37.0 Å². The van der Waals surface area contributed by atoms with Crippen LogP contribution in [0.4, 0.5) is 14.5 Å². The Balaban J connectivity index is 1.53. The predicted molar refractivity (Wildman–Crippen MR) is 119 cm³/mol. The van der Waals surface area contributed by atoms with Gasteiger partial charge in [-0.2, -0.15) is 5.10 Å². The van der Waals surface area contributed by atoms with Gasteiger partial charge in [0.2, 0.25) is 0 Å². The first kappa shape index (κ1) is 22.8. The van der Waals surface area contributed by atoms with Crippen LogP contribution >= 0.6 is 11.3 Å². The van der Waals surface area contributed by atoms with Crippen LogP contribution in [0.5, 0.6) is 0 Å². The minimum atomic E-state index is -1.21. The highest BCUT2D eigenvalue weighted by Crippen LogP contribution is 2.34. The summed E-state index contributed by atoms with van der Waals surface area (Å²) in [6.45, 7) is 1.92. The summed E-state index contributed by atoms with van der Waals surface area (Å²) in [6, 6.07) is 4.41. The third-order valence-electron chi connectivity index (χ3n) is 5.74. The second-order valence-electron chi connectivity index (χ2n) is 7.94. The molecule has 32 heavy (non-hydrogen) atoms. The Labute approximate surface area is 189 Å². The Morgan fingerprint density at radius 2 is 2.22 bits per heavy atom. The lowest BCUT2D eigenvalue weighted by Gasteiger charge is -2.19. The highest BCUT2D eigenvalue weighted by molar-refractivity contribution is 7.13. The molecule has 3 aromatic rings. The van der Waals surface area contributed by atoms with E-state index in [9.17, 15) is 13.9 Å². The minimum Gasteiger partial charge on any atom is -0.369 e. The summed E-state index contributed by atoms with van der Waals surface area (Å²) in [5.74, 6) is -0.352. The molecule has 0 saturated carbocycles. The molecule has 0 bridgehead atoms. The smallest absolute Gasteiger partial charge is 0.169 e. The van der Waals surface area contributed by atoms with E-state index in [-0.39, 0.29) is 12.4 Å². The number of ether oxygens (including phenoxy) is 1. The lowest BCUT2D eigenvalue weighted by molar-refractivity contribution is 0.0246. The summed E-state index contributed by atoms with van der Waals surface area (Å²) in [7, 11) is 1.76. The highest BCUT2D eigenvalue weighted by Gasteiger charge is 2.30. The van der Waals surface area contributed by atoms with Gasteiger partial charge in [-0.15, -0.1) is 11.3 Å². The molecular formula is C22H27F2N5O2S. The van der Waals surface area contributed by atoms with Crippen molar-refractivity contribution in [3.8, 4) is 10.6 Å². The number of alkyl halides is 1. The maximum atomic E-state index is 14.3. The fourth-order valence-corrected chi connectivity index (χ4v) is 4.66. The monoisotopic (exact) mass is 463 g/mol. The Kier molecular flexibility index (Phi) is 6.85. The summed E-state index contributed by atoms with van der Waals surface area (Å²) >= 11 is 1.26. The van der Waals surface area contributed by atoms with Gasteiger partial charge in [0.1, 0.15) is 28.8 Å². The molecule has 1 fully saturated rings. The molecule has 10 heteroatoms. The molecule has 4 atom stereocenters. The molecule has 2 aromatic heterocycles. The number of nitrogens with zero attached hydrogens (tertiary/aromatic N) is 3. The van der Waals surface area contributed by atoms with Crippen LogP contribution in [0.15, 0.2) is 29.8 Å². The molecule has 1 unspecified atom stereocenters. The van der Waals surface area contributed by atoms with E-state index in [1.807, 2.05) is 6.92 Å². The van der Waals surface area contributed by atoms with Crippen LogP contribution in [0.3, 0.4) is 0 Å². The molecule has 3 heterocycles. The summed E-state index contributed by atoms with van der Waals surface area (Å²) in [5.41, 5.74) is 8.89. The van der Waals surface area contributed by atoms with Gasteiger partial charge < -0.3 is 20.9 Å². The Morgan fingerprint density at radius 1 is 1.41 bits per heavy atom. The minimum absolute atomic E-state index is 0.0865. The average Bonchev–Trinajstić information content (AvgIpc) is 3.37. The van der Waals surface area contributed by atoms with E-state index in [2.05, 4.69) is 15.4 Å². The van der Waals surface area contributed by atoms with Gasteiger partial charge in [0.05, 0.1) is 24.2 Å². The molecule has 0 spiro atoms. The number of aryl methyl sites for hydroxylation is 2. The van der Waals surface area contributed by atoms with Gasteiger partial charge in [-0.25, -0.2) is 13.8 Å². The van der Waals surface area contributed by atoms with Crippen molar-refractivity contribution in [1.82, 2.24) is 14.8 Å². The van der Waals surface area contributed by atoms with Gasteiger partial charge in [-0.3, -0.25) is 4.68 Å². The van der Waals surface area contributed by atoms with E-state index in [0.717, 1.165) is 12.0 Å². The number of nitrogens with one attached hydrogen (secondary N) is 1. The van der Waals surface area contributed by atoms with E-state index in [0.29, 0.717) is 40.5 Å². The molecule has 4 N–H and O–H groups in total. The van der Waals surface area contributed by atoms with Gasteiger partial charge in [-0.1, -0.05) is 13.0 Å². The number of hydrogen-bond donors (Lipinski definition) is 3. The fourth-order valence-electron chi connectivity index (χ4n) is 3.81. The largest absolute Gasteiger partial charge is 0.369 e. The second-order valence-corrected chi connectivity index (χ2v) is 8.80. The molecule has 1 aromatic carbocycles. The van der Waals surface area contributed by atoms with E-state index >= 15 is 0 Å². The number of benzene rings is 1. The molecule has 0 amide bonds. The third-order valence-corrected chi connectivity index (χ3v) is 6.63. The maximum Gasteiger partial charge on any atom is 0.169 e. The van der Waals surface area contributed by atoms with Crippen LogP contribution in [-0.2, 0) is 18.2 Å². The summed E-state index contributed by atoms with van der Waals surface area (Å²) in [5, 5.41) is 20.2. The van der Waals surface area contributed by atoms with E-state index in [4.69, 9.17) is 10.5 Å². The molecule has 172 valence electrons. The molecule has 0 aliphatic carbocycles. The van der Waals surface area contributed by atoms with Gasteiger partial charge in [0.15, 0.2) is 6.23 Å². The lowest BCUT2D eigenvalue weighted by atomic mass is 10.0. The zero-order valence-electron chi connectivity index (χ0n) is 18.0. The van der Waals surface area contributed by atoms with Gasteiger partial charge in [0, 0.05) is 24.0 Å². The third kappa shape index (κ3) is 4.68. The van der Waals surface area contributed by atoms with Crippen LogP contribution in [0.25, 0.3) is 10.6 Å². The van der Waals surface area contributed by atoms with Crippen molar-refractivity contribution in [2.24, 2.45) is 12.8 Å².